The molecule has 0 radical (unpaired) electrons. The molecule has 0 saturated heterocycles. The smallest absolute Gasteiger partial charge is 0.251 e. The van der Waals surface area contributed by atoms with Gasteiger partial charge in [-0.2, -0.15) is 0 Å². The SMILES string of the molecule is O=C(CC1(O)CCCC1)NCCCNC(=O)c1ccc(F)cc1. The average Bonchev–Trinajstić information content (AvgIpc) is 2.93. The second-order valence-corrected chi connectivity index (χ2v) is 6.07. The first-order valence-electron chi connectivity index (χ1n) is 8.01. The lowest BCUT2D eigenvalue weighted by Gasteiger charge is -2.21. The van der Waals surface area contributed by atoms with Crippen molar-refractivity contribution in [1.29, 1.82) is 0 Å². The first-order chi connectivity index (χ1) is 11.0. The van der Waals surface area contributed by atoms with E-state index >= 15 is 0 Å². The van der Waals surface area contributed by atoms with Crippen molar-refractivity contribution in [1.82, 2.24) is 10.6 Å². The zero-order chi connectivity index (χ0) is 16.7. The summed E-state index contributed by atoms with van der Waals surface area (Å²) >= 11 is 0. The molecular formula is C17H23FN2O3. The van der Waals surface area contributed by atoms with Gasteiger partial charge in [-0.3, -0.25) is 9.59 Å². The van der Waals surface area contributed by atoms with E-state index in [4.69, 9.17) is 0 Å². The number of amides is 2. The van der Waals surface area contributed by atoms with E-state index in [-0.39, 0.29) is 24.1 Å². The number of benzene rings is 1. The van der Waals surface area contributed by atoms with Crippen molar-refractivity contribution >= 4 is 11.8 Å². The number of hydrogen-bond acceptors (Lipinski definition) is 3. The van der Waals surface area contributed by atoms with Crippen LogP contribution in [-0.4, -0.2) is 35.6 Å². The lowest BCUT2D eigenvalue weighted by molar-refractivity contribution is -0.125. The van der Waals surface area contributed by atoms with Crippen LogP contribution in [0.5, 0.6) is 0 Å². The highest BCUT2D eigenvalue weighted by Gasteiger charge is 2.33. The van der Waals surface area contributed by atoms with E-state index in [1.165, 1.54) is 24.3 Å². The number of nitrogens with one attached hydrogen (secondary N) is 2. The van der Waals surface area contributed by atoms with Gasteiger partial charge in [-0.25, -0.2) is 4.39 Å². The van der Waals surface area contributed by atoms with Gasteiger partial charge in [-0.1, -0.05) is 12.8 Å². The predicted octanol–water partition coefficient (Wildman–Crippen LogP) is 1.76. The number of hydrogen-bond donors (Lipinski definition) is 3. The van der Waals surface area contributed by atoms with Crippen LogP contribution < -0.4 is 10.6 Å². The van der Waals surface area contributed by atoms with Crippen LogP contribution in [0, 0.1) is 5.82 Å². The van der Waals surface area contributed by atoms with Gasteiger partial charge in [0.1, 0.15) is 5.82 Å². The van der Waals surface area contributed by atoms with Crippen LogP contribution in [0.15, 0.2) is 24.3 Å². The summed E-state index contributed by atoms with van der Waals surface area (Å²) in [5, 5.41) is 15.6. The highest BCUT2D eigenvalue weighted by atomic mass is 19.1. The van der Waals surface area contributed by atoms with Crippen molar-refractivity contribution in [3.05, 3.63) is 35.6 Å². The van der Waals surface area contributed by atoms with Gasteiger partial charge in [0.25, 0.3) is 5.91 Å². The summed E-state index contributed by atoms with van der Waals surface area (Å²) in [5.41, 5.74) is -0.431. The Morgan fingerprint density at radius 3 is 2.35 bits per heavy atom. The van der Waals surface area contributed by atoms with Crippen molar-refractivity contribution in [3.63, 3.8) is 0 Å². The van der Waals surface area contributed by atoms with Crippen LogP contribution in [0.2, 0.25) is 0 Å². The summed E-state index contributed by atoms with van der Waals surface area (Å²) in [4.78, 5) is 23.5. The summed E-state index contributed by atoms with van der Waals surface area (Å²) in [7, 11) is 0. The van der Waals surface area contributed by atoms with E-state index in [9.17, 15) is 19.1 Å². The maximum absolute atomic E-state index is 12.8. The molecule has 1 saturated carbocycles. The Bertz CT molecular complexity index is 539. The number of halogens is 1. The first-order valence-corrected chi connectivity index (χ1v) is 8.01. The second-order valence-electron chi connectivity index (χ2n) is 6.07. The van der Waals surface area contributed by atoms with Gasteiger partial charge >= 0.3 is 0 Å². The van der Waals surface area contributed by atoms with E-state index in [0.717, 1.165) is 12.8 Å². The summed E-state index contributed by atoms with van der Waals surface area (Å²) in [6, 6.07) is 5.33. The quantitative estimate of drug-likeness (QED) is 0.669. The minimum Gasteiger partial charge on any atom is -0.389 e. The van der Waals surface area contributed by atoms with Crippen LogP contribution in [0.4, 0.5) is 4.39 Å². The Kier molecular flexibility index (Phi) is 6.10. The third kappa shape index (κ3) is 5.63. The van der Waals surface area contributed by atoms with Crippen LogP contribution in [0.1, 0.15) is 48.9 Å². The average molecular weight is 322 g/mol. The lowest BCUT2D eigenvalue weighted by Crippen LogP contribution is -2.36. The van der Waals surface area contributed by atoms with E-state index in [2.05, 4.69) is 10.6 Å². The molecule has 0 aliphatic heterocycles. The Morgan fingerprint density at radius 1 is 1.09 bits per heavy atom. The molecule has 2 rings (SSSR count). The van der Waals surface area contributed by atoms with Gasteiger partial charge in [0.05, 0.1) is 12.0 Å². The fourth-order valence-corrected chi connectivity index (χ4v) is 2.79. The van der Waals surface area contributed by atoms with Gasteiger partial charge < -0.3 is 15.7 Å². The van der Waals surface area contributed by atoms with Crippen molar-refractivity contribution in [3.8, 4) is 0 Å². The standard InChI is InChI=1S/C17H23FN2O3/c18-14-6-4-13(5-7-14)16(22)20-11-3-10-19-15(21)12-17(23)8-1-2-9-17/h4-7,23H,1-3,8-12H2,(H,19,21)(H,20,22). The van der Waals surface area contributed by atoms with Crippen molar-refractivity contribution in [2.75, 3.05) is 13.1 Å². The van der Waals surface area contributed by atoms with Gasteiger partial charge in [0.15, 0.2) is 0 Å². The molecule has 5 nitrogen and oxygen atoms in total. The number of rotatable bonds is 7. The molecule has 6 heteroatoms. The highest BCUT2D eigenvalue weighted by Crippen LogP contribution is 2.32. The Morgan fingerprint density at radius 2 is 1.70 bits per heavy atom. The maximum atomic E-state index is 12.8. The fraction of sp³-hybridized carbons (Fsp3) is 0.529. The topological polar surface area (TPSA) is 78.4 Å². The summed E-state index contributed by atoms with van der Waals surface area (Å²) in [6.07, 6.45) is 4.06. The molecule has 0 heterocycles. The maximum Gasteiger partial charge on any atom is 0.251 e. The molecule has 1 aromatic rings. The van der Waals surface area contributed by atoms with Crippen molar-refractivity contribution < 1.29 is 19.1 Å². The largest absolute Gasteiger partial charge is 0.389 e. The van der Waals surface area contributed by atoms with Crippen LogP contribution in [0.25, 0.3) is 0 Å². The van der Waals surface area contributed by atoms with Crippen LogP contribution in [-0.2, 0) is 4.79 Å². The van der Waals surface area contributed by atoms with Gasteiger partial charge in [-0.05, 0) is 43.5 Å². The van der Waals surface area contributed by atoms with E-state index < -0.39 is 5.60 Å². The van der Waals surface area contributed by atoms with E-state index in [0.29, 0.717) is 37.9 Å². The summed E-state index contributed by atoms with van der Waals surface area (Å²) in [5.74, 6) is -0.802. The normalized spacial score (nSPS) is 16.1. The monoisotopic (exact) mass is 322 g/mol. The molecule has 0 aromatic heterocycles. The number of carbonyl (C=O) groups is 2. The predicted molar refractivity (Wildman–Crippen MR) is 84.4 cm³/mol. The number of aliphatic hydroxyl groups is 1. The molecular weight excluding hydrogens is 299 g/mol. The van der Waals surface area contributed by atoms with Crippen LogP contribution in [0.3, 0.4) is 0 Å². The molecule has 0 atom stereocenters. The fourth-order valence-electron chi connectivity index (χ4n) is 2.79. The molecule has 1 aliphatic rings. The van der Waals surface area contributed by atoms with Crippen molar-refractivity contribution in [2.45, 2.75) is 44.1 Å². The highest BCUT2D eigenvalue weighted by molar-refractivity contribution is 5.94. The molecule has 1 aromatic carbocycles. The van der Waals surface area contributed by atoms with Crippen molar-refractivity contribution in [2.24, 2.45) is 0 Å². The minimum atomic E-state index is -0.832. The molecule has 0 unspecified atom stereocenters. The third-order valence-electron chi connectivity index (χ3n) is 4.09. The minimum absolute atomic E-state index is 0.148. The zero-order valence-electron chi connectivity index (χ0n) is 13.1. The van der Waals surface area contributed by atoms with E-state index in [1.54, 1.807) is 0 Å². The molecule has 1 fully saturated rings. The Hall–Kier alpha value is -1.95. The van der Waals surface area contributed by atoms with E-state index in [1.807, 2.05) is 0 Å². The van der Waals surface area contributed by atoms with Gasteiger partial charge in [0, 0.05) is 18.7 Å². The summed E-state index contributed by atoms with van der Waals surface area (Å²) in [6.45, 7) is 0.860. The van der Waals surface area contributed by atoms with Gasteiger partial charge in [-0.15, -0.1) is 0 Å². The molecule has 3 N–H and O–H groups in total. The Balaban J connectivity index is 1.59. The second kappa shape index (κ2) is 8.06. The Labute approximate surface area is 135 Å². The lowest BCUT2D eigenvalue weighted by atomic mass is 9.98. The first kappa shape index (κ1) is 17.4. The third-order valence-corrected chi connectivity index (χ3v) is 4.09. The molecule has 0 bridgehead atoms. The van der Waals surface area contributed by atoms with Crippen LogP contribution >= 0.6 is 0 Å². The molecule has 126 valence electrons. The molecule has 0 spiro atoms. The molecule has 23 heavy (non-hydrogen) atoms. The zero-order valence-corrected chi connectivity index (χ0v) is 13.1. The van der Waals surface area contributed by atoms with Gasteiger partial charge in [0.2, 0.25) is 5.91 Å². The molecule has 1 aliphatic carbocycles. The number of carbonyl (C=O) groups excluding carboxylic acids is 2. The molecule has 2 amide bonds. The summed E-state index contributed by atoms with van der Waals surface area (Å²) < 4.78 is 12.8.